The molecule has 114 valence electrons. The quantitative estimate of drug-likeness (QED) is 0.826. The molecule has 2 unspecified atom stereocenters. The molecule has 6 heteroatoms. The summed E-state index contributed by atoms with van der Waals surface area (Å²) < 4.78 is 18.9. The van der Waals surface area contributed by atoms with Crippen molar-refractivity contribution in [2.75, 3.05) is 0 Å². The van der Waals surface area contributed by atoms with Gasteiger partial charge in [-0.3, -0.25) is 0 Å². The maximum atomic E-state index is 13.5. The fourth-order valence-electron chi connectivity index (χ4n) is 2.28. The molecule has 1 aromatic carbocycles. The maximum Gasteiger partial charge on any atom is 0.231 e. The Morgan fingerprint density at radius 1 is 1.29 bits per heavy atom. The minimum Gasteiger partial charge on any atom is -0.339 e. The summed E-state index contributed by atoms with van der Waals surface area (Å²) in [6.07, 6.45) is 0. The van der Waals surface area contributed by atoms with E-state index >= 15 is 0 Å². The van der Waals surface area contributed by atoms with Crippen LogP contribution in [0.25, 0.3) is 0 Å². The summed E-state index contributed by atoms with van der Waals surface area (Å²) >= 11 is 1.35. The number of nitrogens with two attached hydrogens (primary N) is 1. The molecule has 0 saturated heterocycles. The third-order valence-corrected chi connectivity index (χ3v) is 4.29. The van der Waals surface area contributed by atoms with Crippen molar-refractivity contribution in [2.45, 2.75) is 43.4 Å². The van der Waals surface area contributed by atoms with E-state index in [-0.39, 0.29) is 17.8 Å². The molecule has 0 aliphatic rings. The number of hydrogen-bond acceptors (Lipinski definition) is 5. The lowest BCUT2D eigenvalue weighted by Gasteiger charge is -2.20. The highest BCUT2D eigenvalue weighted by atomic mass is 32.2. The molecule has 4 nitrogen and oxygen atoms in total. The summed E-state index contributed by atoms with van der Waals surface area (Å²) in [5.41, 5.74) is 5.98. The molecule has 1 heterocycles. The molecule has 0 bridgehead atoms. The van der Waals surface area contributed by atoms with Crippen LogP contribution in [0.4, 0.5) is 4.39 Å². The van der Waals surface area contributed by atoms with Crippen LogP contribution >= 0.6 is 11.8 Å². The van der Waals surface area contributed by atoms with Gasteiger partial charge in [0.1, 0.15) is 5.82 Å². The molecule has 0 aliphatic heterocycles. The molecule has 0 amide bonds. The second-order valence-electron chi connectivity index (χ2n) is 5.40. The molecule has 2 N–H and O–H groups in total. The first-order valence-electron chi connectivity index (χ1n) is 6.94. The van der Waals surface area contributed by atoms with Crippen LogP contribution in [0.15, 0.2) is 33.7 Å². The van der Waals surface area contributed by atoms with Crippen molar-refractivity contribution in [3.05, 3.63) is 41.8 Å². The molecule has 2 rings (SSSR count). The second-order valence-corrected chi connectivity index (χ2v) is 6.41. The zero-order chi connectivity index (χ0) is 15.4. The van der Waals surface area contributed by atoms with Crippen molar-refractivity contribution < 1.29 is 8.91 Å². The molecule has 0 saturated carbocycles. The molecular weight excluding hydrogens is 289 g/mol. The van der Waals surface area contributed by atoms with Crippen molar-refractivity contribution in [2.24, 2.45) is 11.7 Å². The summed E-state index contributed by atoms with van der Waals surface area (Å²) in [6.45, 7) is 6.08. The van der Waals surface area contributed by atoms with Crippen LogP contribution in [-0.2, 0) is 5.75 Å². The molecule has 2 atom stereocenters. The predicted molar refractivity (Wildman–Crippen MR) is 81.5 cm³/mol. The van der Waals surface area contributed by atoms with Crippen molar-refractivity contribution in [1.29, 1.82) is 0 Å². The molecular formula is C15H20FN3OS. The second kappa shape index (κ2) is 7.04. The first-order chi connectivity index (χ1) is 9.99. The molecule has 0 fully saturated rings. The SMILES string of the molecule is CC(C)C(c1nc(CSc2ccccc2F)no1)C(C)N. The lowest BCUT2D eigenvalue weighted by atomic mass is 9.90. The Balaban J connectivity index is 2.05. The zero-order valence-corrected chi connectivity index (χ0v) is 13.2. The van der Waals surface area contributed by atoms with Crippen LogP contribution in [-0.4, -0.2) is 16.2 Å². The predicted octanol–water partition coefficient (Wildman–Crippen LogP) is 3.59. The van der Waals surface area contributed by atoms with E-state index in [1.54, 1.807) is 18.2 Å². The fraction of sp³-hybridized carbons (Fsp3) is 0.467. The molecule has 0 radical (unpaired) electrons. The van der Waals surface area contributed by atoms with Gasteiger partial charge in [0.2, 0.25) is 5.89 Å². The largest absolute Gasteiger partial charge is 0.339 e. The molecule has 2 aromatic rings. The summed E-state index contributed by atoms with van der Waals surface area (Å²) in [5.74, 6) is 1.70. The number of aromatic nitrogens is 2. The Hall–Kier alpha value is -1.40. The minimum absolute atomic E-state index is 0.0321. The lowest BCUT2D eigenvalue weighted by Crippen LogP contribution is -2.28. The maximum absolute atomic E-state index is 13.5. The highest BCUT2D eigenvalue weighted by Gasteiger charge is 2.26. The van der Waals surface area contributed by atoms with E-state index in [4.69, 9.17) is 10.3 Å². The average Bonchev–Trinajstić information content (AvgIpc) is 2.85. The molecule has 21 heavy (non-hydrogen) atoms. The Kier molecular flexibility index (Phi) is 5.36. The van der Waals surface area contributed by atoms with Gasteiger partial charge in [-0.15, -0.1) is 11.8 Å². The number of rotatable bonds is 6. The van der Waals surface area contributed by atoms with Crippen molar-refractivity contribution in [1.82, 2.24) is 10.1 Å². The topological polar surface area (TPSA) is 64.9 Å². The standard InChI is InChI=1S/C15H20FN3OS/c1-9(2)14(10(3)17)15-18-13(19-20-15)8-21-12-7-5-4-6-11(12)16/h4-7,9-10,14H,8,17H2,1-3H3. The van der Waals surface area contributed by atoms with E-state index in [9.17, 15) is 4.39 Å². The number of nitrogens with zero attached hydrogens (tertiary/aromatic N) is 2. The van der Waals surface area contributed by atoms with Crippen LogP contribution in [0.3, 0.4) is 0 Å². The lowest BCUT2D eigenvalue weighted by molar-refractivity contribution is 0.299. The van der Waals surface area contributed by atoms with Gasteiger partial charge in [-0.25, -0.2) is 4.39 Å². The molecule has 0 aliphatic carbocycles. The third kappa shape index (κ3) is 4.04. The minimum atomic E-state index is -0.234. The van der Waals surface area contributed by atoms with Crippen molar-refractivity contribution in [3.8, 4) is 0 Å². The van der Waals surface area contributed by atoms with E-state index in [0.29, 0.717) is 28.3 Å². The monoisotopic (exact) mass is 309 g/mol. The van der Waals surface area contributed by atoms with Crippen molar-refractivity contribution >= 4 is 11.8 Å². The summed E-state index contributed by atoms with van der Waals surface area (Å²) in [7, 11) is 0. The van der Waals surface area contributed by atoms with Crippen LogP contribution < -0.4 is 5.73 Å². The van der Waals surface area contributed by atoms with Gasteiger partial charge in [0.05, 0.1) is 11.7 Å². The highest BCUT2D eigenvalue weighted by molar-refractivity contribution is 7.98. The van der Waals surface area contributed by atoms with Gasteiger partial charge in [-0.05, 0) is 25.0 Å². The fourth-order valence-corrected chi connectivity index (χ4v) is 3.07. The van der Waals surface area contributed by atoms with Crippen molar-refractivity contribution in [3.63, 3.8) is 0 Å². The summed E-state index contributed by atoms with van der Waals surface area (Å²) in [6, 6.07) is 6.59. The Morgan fingerprint density at radius 2 is 2.00 bits per heavy atom. The van der Waals surface area contributed by atoms with E-state index in [1.807, 2.05) is 6.92 Å². The Bertz CT molecular complexity index is 578. The van der Waals surface area contributed by atoms with Gasteiger partial charge in [0.25, 0.3) is 0 Å². The highest BCUT2D eigenvalue weighted by Crippen LogP contribution is 2.28. The van der Waals surface area contributed by atoms with Gasteiger partial charge in [0, 0.05) is 10.9 Å². The number of halogens is 1. The van der Waals surface area contributed by atoms with E-state index in [2.05, 4.69) is 24.0 Å². The number of benzene rings is 1. The van der Waals surface area contributed by atoms with E-state index < -0.39 is 0 Å². The smallest absolute Gasteiger partial charge is 0.231 e. The van der Waals surface area contributed by atoms with Crippen LogP contribution in [0.1, 0.15) is 38.4 Å². The first-order valence-corrected chi connectivity index (χ1v) is 7.93. The number of hydrogen-bond donors (Lipinski definition) is 1. The van der Waals surface area contributed by atoms with Crippen LogP contribution in [0.2, 0.25) is 0 Å². The van der Waals surface area contributed by atoms with Gasteiger partial charge in [-0.1, -0.05) is 31.1 Å². The normalized spacial score (nSPS) is 14.4. The molecule has 0 spiro atoms. The van der Waals surface area contributed by atoms with Gasteiger partial charge >= 0.3 is 0 Å². The van der Waals surface area contributed by atoms with Gasteiger partial charge < -0.3 is 10.3 Å². The van der Waals surface area contributed by atoms with Gasteiger partial charge in [0.15, 0.2) is 5.82 Å². The zero-order valence-electron chi connectivity index (χ0n) is 12.4. The van der Waals surface area contributed by atoms with Gasteiger partial charge in [-0.2, -0.15) is 4.98 Å². The van der Waals surface area contributed by atoms with Crippen LogP contribution in [0, 0.1) is 11.7 Å². The first kappa shape index (κ1) is 16.0. The molecule has 1 aromatic heterocycles. The average molecular weight is 309 g/mol. The summed E-state index contributed by atoms with van der Waals surface area (Å²) in [4.78, 5) is 4.98. The van der Waals surface area contributed by atoms with Crippen LogP contribution in [0.5, 0.6) is 0 Å². The summed E-state index contributed by atoms with van der Waals surface area (Å²) in [5, 5.41) is 3.96. The Labute approximate surface area is 128 Å². The number of thioether (sulfide) groups is 1. The Morgan fingerprint density at radius 3 is 2.62 bits per heavy atom. The third-order valence-electron chi connectivity index (χ3n) is 3.25. The van der Waals surface area contributed by atoms with E-state index in [1.165, 1.54) is 17.8 Å². The van der Waals surface area contributed by atoms with E-state index in [0.717, 1.165) is 0 Å².